The monoisotopic (exact) mass is 307 g/mol. The number of hydrogen-bond donors (Lipinski definition) is 2. The molecular weight excluding hydrogens is 302 g/mol. The normalized spacial score (nSPS) is 10.9. The molecule has 3 rings (SSSR count). The number of benzene rings is 1. The summed E-state index contributed by atoms with van der Waals surface area (Å²) in [6.45, 7) is 0. The van der Waals surface area contributed by atoms with E-state index < -0.39 is 5.97 Å². The highest BCUT2D eigenvalue weighted by molar-refractivity contribution is 9.10. The number of fused-ring (bicyclic) bond motifs is 1. The average molecular weight is 308 g/mol. The molecule has 1 aromatic carbocycles. The van der Waals surface area contributed by atoms with Gasteiger partial charge in [-0.05, 0) is 22.0 Å². The van der Waals surface area contributed by atoms with Gasteiger partial charge in [-0.25, -0.2) is 4.79 Å². The highest BCUT2D eigenvalue weighted by Gasteiger charge is 2.16. The third kappa shape index (κ3) is 1.60. The van der Waals surface area contributed by atoms with Crippen molar-refractivity contribution in [1.29, 1.82) is 0 Å². The summed E-state index contributed by atoms with van der Waals surface area (Å²) in [6, 6.07) is 6.88. The molecule has 0 saturated carbocycles. The number of hydrogen-bond acceptors (Lipinski definition) is 4. The molecule has 3 aromatic rings. The van der Waals surface area contributed by atoms with Gasteiger partial charge in [-0.15, -0.1) is 0 Å². The summed E-state index contributed by atoms with van der Waals surface area (Å²) in [5, 5.41) is 20.3. The Morgan fingerprint density at radius 1 is 1.44 bits per heavy atom. The second-order valence-electron chi connectivity index (χ2n) is 3.62. The summed E-state index contributed by atoms with van der Waals surface area (Å²) in [6.07, 6.45) is 0. The van der Waals surface area contributed by atoms with Crippen molar-refractivity contribution in [1.82, 2.24) is 15.4 Å². The van der Waals surface area contributed by atoms with Crippen LogP contribution < -0.4 is 0 Å². The van der Waals surface area contributed by atoms with Gasteiger partial charge in [0.15, 0.2) is 0 Å². The van der Waals surface area contributed by atoms with Crippen molar-refractivity contribution in [2.24, 2.45) is 0 Å². The molecule has 0 aliphatic carbocycles. The second kappa shape index (κ2) is 3.95. The highest BCUT2D eigenvalue weighted by Crippen LogP contribution is 2.31. The van der Waals surface area contributed by atoms with Crippen molar-refractivity contribution in [3.05, 3.63) is 34.6 Å². The molecule has 0 aliphatic heterocycles. The van der Waals surface area contributed by atoms with Gasteiger partial charge in [0.2, 0.25) is 5.76 Å². The van der Waals surface area contributed by atoms with Crippen LogP contribution in [-0.2, 0) is 0 Å². The first-order valence-electron chi connectivity index (χ1n) is 5.00. The Labute approximate surface area is 109 Å². The molecule has 6 nitrogen and oxygen atoms in total. The van der Waals surface area contributed by atoms with E-state index in [1.807, 2.05) is 18.2 Å². The van der Waals surface area contributed by atoms with E-state index in [0.717, 1.165) is 16.5 Å². The molecule has 7 heteroatoms. The first-order chi connectivity index (χ1) is 8.66. The minimum atomic E-state index is -1.15. The van der Waals surface area contributed by atoms with E-state index in [4.69, 9.17) is 9.63 Å². The average Bonchev–Trinajstić information content (AvgIpc) is 2.96. The number of H-pyrrole nitrogens is 1. The Hall–Kier alpha value is -2.15. The van der Waals surface area contributed by atoms with Gasteiger partial charge in [0.05, 0.1) is 5.52 Å². The van der Waals surface area contributed by atoms with E-state index in [9.17, 15) is 4.79 Å². The van der Waals surface area contributed by atoms with Crippen LogP contribution >= 0.6 is 15.9 Å². The first-order valence-corrected chi connectivity index (χ1v) is 5.79. The van der Waals surface area contributed by atoms with E-state index >= 15 is 0 Å². The third-order valence-corrected chi connectivity index (χ3v) is 3.11. The first kappa shape index (κ1) is 11.0. The fourth-order valence-electron chi connectivity index (χ4n) is 1.75. The molecule has 2 N–H and O–H groups in total. The van der Waals surface area contributed by atoms with Gasteiger partial charge < -0.3 is 9.63 Å². The SMILES string of the molecule is O=C(O)c1cc(-c2cccc3n[nH]c(Br)c23)no1. The lowest BCUT2D eigenvalue weighted by atomic mass is 10.1. The maximum absolute atomic E-state index is 10.8. The van der Waals surface area contributed by atoms with Gasteiger partial charge in [-0.3, -0.25) is 5.10 Å². The van der Waals surface area contributed by atoms with Crippen LogP contribution in [0.1, 0.15) is 10.6 Å². The second-order valence-corrected chi connectivity index (χ2v) is 4.41. The van der Waals surface area contributed by atoms with Crippen molar-refractivity contribution < 1.29 is 14.4 Å². The van der Waals surface area contributed by atoms with Crippen LogP contribution in [-0.4, -0.2) is 26.4 Å². The Kier molecular flexibility index (Phi) is 2.41. The number of carboxylic acid groups (broad SMARTS) is 1. The molecule has 90 valence electrons. The molecule has 0 saturated heterocycles. The van der Waals surface area contributed by atoms with E-state index in [0.29, 0.717) is 10.3 Å². The summed E-state index contributed by atoms with van der Waals surface area (Å²) in [5.74, 6) is -1.34. The largest absolute Gasteiger partial charge is 0.475 e. The standard InChI is InChI=1S/C11H6BrN3O3/c12-10-9-5(2-1-3-6(9)13-14-10)7-4-8(11(16)17)18-15-7/h1-4H,(H,13,14)(H,16,17). The third-order valence-electron chi connectivity index (χ3n) is 2.53. The van der Waals surface area contributed by atoms with Crippen LogP contribution in [0.15, 0.2) is 33.4 Å². The van der Waals surface area contributed by atoms with Crippen LogP contribution in [0.3, 0.4) is 0 Å². The van der Waals surface area contributed by atoms with E-state index in [2.05, 4.69) is 31.3 Å². The molecule has 0 radical (unpaired) electrons. The van der Waals surface area contributed by atoms with Crippen molar-refractivity contribution in [2.75, 3.05) is 0 Å². The van der Waals surface area contributed by atoms with E-state index in [-0.39, 0.29) is 5.76 Å². The summed E-state index contributed by atoms with van der Waals surface area (Å²) < 4.78 is 5.47. The molecule has 0 bridgehead atoms. The number of aromatic amines is 1. The molecule has 0 unspecified atom stereocenters. The zero-order valence-corrected chi connectivity index (χ0v) is 10.4. The number of halogens is 1. The topological polar surface area (TPSA) is 92.0 Å². The van der Waals surface area contributed by atoms with E-state index in [1.54, 1.807) is 0 Å². The fraction of sp³-hybridized carbons (Fsp3) is 0. The van der Waals surface area contributed by atoms with Crippen LogP contribution in [0.5, 0.6) is 0 Å². The summed E-state index contributed by atoms with van der Waals surface area (Å²) in [7, 11) is 0. The molecule has 0 atom stereocenters. The Balaban J connectivity index is 2.24. The van der Waals surface area contributed by atoms with Gasteiger partial charge in [-0.2, -0.15) is 5.10 Å². The summed E-state index contributed by atoms with van der Waals surface area (Å²) >= 11 is 3.36. The van der Waals surface area contributed by atoms with Crippen LogP contribution in [0.4, 0.5) is 0 Å². The molecule has 0 spiro atoms. The Morgan fingerprint density at radius 2 is 2.28 bits per heavy atom. The zero-order valence-electron chi connectivity index (χ0n) is 8.85. The van der Waals surface area contributed by atoms with Crippen molar-refractivity contribution in [2.45, 2.75) is 0 Å². The van der Waals surface area contributed by atoms with Crippen LogP contribution in [0.2, 0.25) is 0 Å². The smallest absolute Gasteiger partial charge is 0.374 e. The quantitative estimate of drug-likeness (QED) is 0.759. The Morgan fingerprint density at radius 3 is 3.00 bits per heavy atom. The number of carbonyl (C=O) groups is 1. The van der Waals surface area contributed by atoms with E-state index in [1.165, 1.54) is 6.07 Å². The van der Waals surface area contributed by atoms with Crippen molar-refractivity contribution in [3.63, 3.8) is 0 Å². The summed E-state index contributed by atoms with van der Waals surface area (Å²) in [5.41, 5.74) is 1.98. The predicted molar refractivity (Wildman–Crippen MR) is 66.2 cm³/mol. The number of nitrogens with zero attached hydrogens (tertiary/aromatic N) is 2. The lowest BCUT2D eigenvalue weighted by Crippen LogP contribution is -1.91. The Bertz CT molecular complexity index is 747. The number of nitrogens with one attached hydrogen (secondary N) is 1. The fourth-order valence-corrected chi connectivity index (χ4v) is 2.25. The van der Waals surface area contributed by atoms with Gasteiger partial charge in [0, 0.05) is 17.0 Å². The van der Waals surface area contributed by atoms with Gasteiger partial charge in [0.25, 0.3) is 0 Å². The maximum Gasteiger partial charge on any atom is 0.374 e. The molecule has 2 heterocycles. The molecular formula is C11H6BrN3O3. The molecule has 18 heavy (non-hydrogen) atoms. The van der Waals surface area contributed by atoms with Crippen molar-refractivity contribution >= 4 is 32.8 Å². The van der Waals surface area contributed by atoms with Crippen LogP contribution in [0.25, 0.3) is 22.2 Å². The number of rotatable bonds is 2. The minimum Gasteiger partial charge on any atom is -0.475 e. The molecule has 0 fully saturated rings. The van der Waals surface area contributed by atoms with Gasteiger partial charge in [0.1, 0.15) is 10.3 Å². The lowest BCUT2D eigenvalue weighted by Gasteiger charge is -1.97. The minimum absolute atomic E-state index is 0.193. The number of aromatic carboxylic acids is 1. The molecule has 0 aliphatic rings. The molecule has 0 amide bonds. The number of carboxylic acids is 1. The van der Waals surface area contributed by atoms with Crippen molar-refractivity contribution in [3.8, 4) is 11.3 Å². The summed E-state index contributed by atoms with van der Waals surface area (Å²) in [4.78, 5) is 10.8. The maximum atomic E-state index is 10.8. The zero-order chi connectivity index (χ0) is 12.7. The lowest BCUT2D eigenvalue weighted by molar-refractivity contribution is 0.0652. The molecule has 2 aromatic heterocycles. The highest BCUT2D eigenvalue weighted by atomic mass is 79.9. The number of aromatic nitrogens is 3. The predicted octanol–water partition coefficient (Wildman–Crippen LogP) is 2.68. The van der Waals surface area contributed by atoms with Gasteiger partial charge in [-0.1, -0.05) is 17.3 Å². The van der Waals surface area contributed by atoms with Gasteiger partial charge >= 0.3 is 5.97 Å². The van der Waals surface area contributed by atoms with Crippen LogP contribution in [0, 0.1) is 0 Å².